The molecule has 0 aromatic heterocycles. The lowest BCUT2D eigenvalue weighted by Gasteiger charge is -1.92. The molecule has 0 bridgehead atoms. The van der Waals surface area contributed by atoms with E-state index in [1.807, 2.05) is 0 Å². The fraction of sp³-hybridized carbons (Fsp3) is 0.333. The first kappa shape index (κ1) is 10.3. The number of ketones is 1. The highest BCUT2D eigenvalue weighted by Gasteiger charge is 2.03. The van der Waals surface area contributed by atoms with Crippen LogP contribution in [0.1, 0.15) is 13.8 Å². The predicted molar refractivity (Wildman–Crippen MR) is 40.2 cm³/mol. The van der Waals surface area contributed by atoms with Gasteiger partial charge in [0.05, 0.1) is 6.21 Å². The van der Waals surface area contributed by atoms with E-state index in [1.54, 1.807) is 0 Å². The van der Waals surface area contributed by atoms with Crippen molar-refractivity contribution in [2.75, 3.05) is 0 Å². The first-order valence-corrected chi connectivity index (χ1v) is 3.02. The van der Waals surface area contributed by atoms with Gasteiger partial charge in [-0.3, -0.25) is 4.79 Å². The van der Waals surface area contributed by atoms with Crippen LogP contribution in [0.4, 0.5) is 0 Å². The van der Waals surface area contributed by atoms with Crippen molar-refractivity contribution in [1.82, 2.24) is 0 Å². The second-order valence-corrected chi connectivity index (χ2v) is 1.86. The molecule has 66 valence electrons. The van der Waals surface area contributed by atoms with Crippen LogP contribution in [0.5, 0.6) is 0 Å². The minimum Gasteiger partial charge on any atom is -0.411 e. The Morgan fingerprint density at radius 3 is 2.33 bits per heavy atom. The molecule has 0 aromatic carbocycles. The summed E-state index contributed by atoms with van der Waals surface area (Å²) in [5.41, 5.74) is -0.229. The first-order valence-electron chi connectivity index (χ1n) is 3.02. The van der Waals surface area contributed by atoms with Gasteiger partial charge in [0.15, 0.2) is 11.5 Å². The van der Waals surface area contributed by atoms with Gasteiger partial charge in [-0.1, -0.05) is 10.3 Å². The molecule has 12 heavy (non-hydrogen) atoms. The highest BCUT2D eigenvalue weighted by molar-refractivity contribution is 6.60. The van der Waals surface area contributed by atoms with Gasteiger partial charge in [-0.15, -0.1) is 0 Å². The number of oxime groups is 2. The Morgan fingerprint density at radius 1 is 1.42 bits per heavy atom. The molecule has 0 unspecified atom stereocenters. The van der Waals surface area contributed by atoms with Crippen molar-refractivity contribution >= 4 is 23.7 Å². The summed E-state index contributed by atoms with van der Waals surface area (Å²) in [6.45, 7) is 2.33. The van der Waals surface area contributed by atoms with Gasteiger partial charge >= 0.3 is 5.97 Å². The topological polar surface area (TPSA) is 88.3 Å². The molecule has 0 heterocycles. The van der Waals surface area contributed by atoms with Crippen LogP contribution in [0.2, 0.25) is 0 Å². The predicted octanol–water partition coefficient (Wildman–Crippen LogP) is -0.0455. The second kappa shape index (κ2) is 5.00. The molecule has 0 atom stereocenters. The maximum atomic E-state index is 10.6. The molecule has 0 rings (SSSR count). The number of hydrogen-bond donors (Lipinski definition) is 1. The number of carbonyl (C=O) groups excluding carboxylic acids is 2. The van der Waals surface area contributed by atoms with Crippen molar-refractivity contribution in [3.8, 4) is 0 Å². The molecular formula is C6H8N2O4. The Bertz CT molecular complexity index is 244. The van der Waals surface area contributed by atoms with Crippen LogP contribution in [0.15, 0.2) is 10.3 Å². The lowest BCUT2D eigenvalue weighted by molar-refractivity contribution is -0.140. The van der Waals surface area contributed by atoms with Gasteiger partial charge in [0.1, 0.15) is 0 Å². The zero-order chi connectivity index (χ0) is 9.56. The molecule has 0 fully saturated rings. The maximum absolute atomic E-state index is 10.6. The summed E-state index contributed by atoms with van der Waals surface area (Å²) in [6.07, 6.45) is 0.783. The van der Waals surface area contributed by atoms with Crippen LogP contribution in [0.3, 0.4) is 0 Å². The third-order valence-electron chi connectivity index (χ3n) is 0.813. The van der Waals surface area contributed by atoms with Gasteiger partial charge in [-0.05, 0) is 0 Å². The Kier molecular flexibility index (Phi) is 4.28. The van der Waals surface area contributed by atoms with Crippen LogP contribution in [-0.2, 0) is 14.4 Å². The lowest BCUT2D eigenvalue weighted by atomic mass is 10.3. The Morgan fingerprint density at radius 2 is 2.00 bits per heavy atom. The molecule has 0 aliphatic heterocycles. The lowest BCUT2D eigenvalue weighted by Crippen LogP contribution is -2.12. The van der Waals surface area contributed by atoms with E-state index >= 15 is 0 Å². The Balaban J connectivity index is 4.39. The second-order valence-electron chi connectivity index (χ2n) is 1.86. The van der Waals surface area contributed by atoms with Crippen LogP contribution >= 0.6 is 0 Å². The van der Waals surface area contributed by atoms with Crippen molar-refractivity contribution in [2.24, 2.45) is 10.3 Å². The van der Waals surface area contributed by atoms with E-state index in [9.17, 15) is 9.59 Å². The standard InChI is InChI=1S/C6H8N2O4/c1-4(9)6(3-7-11)8-12-5(2)10/h3,11H,1-2H3. The zero-order valence-electron chi connectivity index (χ0n) is 6.64. The minimum absolute atomic E-state index is 0.229. The highest BCUT2D eigenvalue weighted by atomic mass is 16.7. The van der Waals surface area contributed by atoms with Crippen LogP contribution in [0, 0.1) is 0 Å². The fourth-order valence-corrected chi connectivity index (χ4v) is 0.347. The Hall–Kier alpha value is -1.72. The molecule has 0 saturated heterocycles. The summed E-state index contributed by atoms with van der Waals surface area (Å²) in [5, 5.41) is 13.7. The van der Waals surface area contributed by atoms with Gasteiger partial charge in [-0.2, -0.15) is 0 Å². The van der Waals surface area contributed by atoms with E-state index in [1.165, 1.54) is 6.92 Å². The minimum atomic E-state index is -0.653. The van der Waals surface area contributed by atoms with Crippen molar-refractivity contribution in [1.29, 1.82) is 0 Å². The maximum Gasteiger partial charge on any atom is 0.332 e. The van der Waals surface area contributed by atoms with Gasteiger partial charge in [0.25, 0.3) is 0 Å². The van der Waals surface area contributed by atoms with Crippen LogP contribution < -0.4 is 0 Å². The molecule has 0 aromatic rings. The van der Waals surface area contributed by atoms with E-state index < -0.39 is 11.8 Å². The van der Waals surface area contributed by atoms with Crippen molar-refractivity contribution < 1.29 is 19.6 Å². The van der Waals surface area contributed by atoms with Crippen molar-refractivity contribution in [2.45, 2.75) is 13.8 Å². The van der Waals surface area contributed by atoms with E-state index in [-0.39, 0.29) is 5.71 Å². The first-order chi connectivity index (χ1) is 5.57. The highest BCUT2D eigenvalue weighted by Crippen LogP contribution is 1.83. The summed E-state index contributed by atoms with van der Waals surface area (Å²) in [5.74, 6) is -1.12. The largest absolute Gasteiger partial charge is 0.411 e. The molecule has 6 nitrogen and oxygen atoms in total. The molecule has 0 saturated carbocycles. The number of rotatable bonds is 3. The number of hydrogen-bond acceptors (Lipinski definition) is 6. The molecule has 0 amide bonds. The van der Waals surface area contributed by atoms with Gasteiger partial charge in [-0.25, -0.2) is 4.79 Å². The smallest absolute Gasteiger partial charge is 0.332 e. The molecule has 0 aliphatic rings. The zero-order valence-corrected chi connectivity index (χ0v) is 6.64. The SMILES string of the molecule is CC(=O)ON=C(C=NO)C(C)=O. The quantitative estimate of drug-likeness (QED) is 0.280. The summed E-state index contributed by atoms with van der Waals surface area (Å²) in [7, 11) is 0. The van der Waals surface area contributed by atoms with Crippen molar-refractivity contribution in [3.05, 3.63) is 0 Å². The normalized spacial score (nSPS) is 11.7. The monoisotopic (exact) mass is 172 g/mol. The summed E-state index contributed by atoms with van der Waals surface area (Å²) in [6, 6.07) is 0. The van der Waals surface area contributed by atoms with Crippen LogP contribution in [0.25, 0.3) is 0 Å². The van der Waals surface area contributed by atoms with Gasteiger partial charge in [0, 0.05) is 13.8 Å². The van der Waals surface area contributed by atoms with Crippen molar-refractivity contribution in [3.63, 3.8) is 0 Å². The molecule has 6 heteroatoms. The molecule has 1 N–H and O–H groups in total. The summed E-state index contributed by atoms with van der Waals surface area (Å²) >= 11 is 0. The third kappa shape index (κ3) is 4.15. The van der Waals surface area contributed by atoms with Gasteiger partial charge < -0.3 is 10.0 Å². The number of Topliss-reactive ketones (excluding diaryl/α,β-unsaturated/α-hetero) is 1. The fourth-order valence-electron chi connectivity index (χ4n) is 0.347. The Labute approximate surface area is 68.5 Å². The van der Waals surface area contributed by atoms with E-state index in [0.717, 1.165) is 13.1 Å². The van der Waals surface area contributed by atoms with Gasteiger partial charge in [0.2, 0.25) is 0 Å². The van der Waals surface area contributed by atoms with E-state index in [4.69, 9.17) is 5.21 Å². The average molecular weight is 172 g/mol. The molecule has 0 spiro atoms. The molecular weight excluding hydrogens is 164 g/mol. The summed E-state index contributed by atoms with van der Waals surface area (Å²) in [4.78, 5) is 25.0. The van der Waals surface area contributed by atoms with E-state index in [2.05, 4.69) is 15.1 Å². The van der Waals surface area contributed by atoms with Crippen LogP contribution in [-0.4, -0.2) is 28.9 Å². The molecule has 0 aliphatic carbocycles. The number of nitrogens with zero attached hydrogens (tertiary/aromatic N) is 2. The number of carbonyl (C=O) groups is 2. The molecule has 0 radical (unpaired) electrons. The average Bonchev–Trinajstić information content (AvgIpc) is 1.96. The van der Waals surface area contributed by atoms with E-state index in [0.29, 0.717) is 0 Å². The summed E-state index contributed by atoms with van der Waals surface area (Å²) < 4.78 is 0. The third-order valence-corrected chi connectivity index (χ3v) is 0.813.